The van der Waals surface area contributed by atoms with Gasteiger partial charge in [0.15, 0.2) is 5.82 Å². The maximum atomic E-state index is 13.5. The molecule has 3 heterocycles. The molecule has 2 aromatic rings. The van der Waals surface area contributed by atoms with E-state index in [-0.39, 0.29) is 24.5 Å². The van der Waals surface area contributed by atoms with Crippen LogP contribution in [-0.2, 0) is 4.79 Å². The molecular weight excluding hydrogens is 354 g/mol. The number of anilines is 3. The topological polar surface area (TPSA) is 68.8 Å². The van der Waals surface area contributed by atoms with Gasteiger partial charge in [-0.1, -0.05) is 12.1 Å². The second-order valence-electron chi connectivity index (χ2n) is 7.49. The quantitative estimate of drug-likeness (QED) is 0.888. The molecule has 0 saturated carbocycles. The van der Waals surface area contributed by atoms with Crippen molar-refractivity contribution < 1.29 is 9.59 Å². The number of benzene rings is 1. The minimum absolute atomic E-state index is 0.0855. The van der Waals surface area contributed by atoms with E-state index in [1.54, 1.807) is 41.4 Å². The number of para-hydroxylation sites is 1. The Balaban J connectivity index is 1.72. The molecule has 1 saturated heterocycles. The van der Waals surface area contributed by atoms with Gasteiger partial charge in [-0.2, -0.15) is 0 Å². The highest BCUT2D eigenvalue weighted by atomic mass is 16.2. The van der Waals surface area contributed by atoms with Crippen LogP contribution in [0.4, 0.5) is 17.2 Å². The number of aromatic nitrogens is 1. The van der Waals surface area contributed by atoms with Crippen LogP contribution in [0.3, 0.4) is 0 Å². The molecule has 0 bridgehead atoms. The number of nitrogens with zero attached hydrogens (tertiary/aromatic N) is 4. The maximum Gasteiger partial charge on any atom is 0.257 e. The van der Waals surface area contributed by atoms with Crippen LogP contribution in [0.1, 0.15) is 29.6 Å². The molecule has 0 radical (unpaired) electrons. The average Bonchev–Trinajstić information content (AvgIpc) is 2.82. The minimum atomic E-state index is -0.232. The van der Waals surface area contributed by atoms with Gasteiger partial charge < -0.3 is 5.32 Å². The summed E-state index contributed by atoms with van der Waals surface area (Å²) in [6.07, 6.45) is 5.18. The lowest BCUT2D eigenvalue weighted by atomic mass is 10.1. The lowest BCUT2D eigenvalue weighted by Gasteiger charge is -2.39. The Morgan fingerprint density at radius 3 is 2.86 bits per heavy atom. The monoisotopic (exact) mass is 379 g/mol. The molecule has 1 atom stereocenters. The van der Waals surface area contributed by atoms with Crippen molar-refractivity contribution in [2.45, 2.75) is 25.4 Å². The molecule has 2 aliphatic rings. The van der Waals surface area contributed by atoms with Gasteiger partial charge in [0.25, 0.3) is 5.91 Å². The first-order valence-electron chi connectivity index (χ1n) is 9.65. The van der Waals surface area contributed by atoms with Crippen molar-refractivity contribution in [3.05, 3.63) is 48.2 Å². The van der Waals surface area contributed by atoms with Gasteiger partial charge >= 0.3 is 0 Å². The Bertz CT molecular complexity index is 898. The number of nitrogens with one attached hydrogen (secondary N) is 1. The van der Waals surface area contributed by atoms with E-state index >= 15 is 0 Å². The smallest absolute Gasteiger partial charge is 0.257 e. The van der Waals surface area contributed by atoms with Gasteiger partial charge in [-0.15, -0.1) is 0 Å². The number of hydrogen-bond donors (Lipinski definition) is 1. The molecule has 4 rings (SSSR count). The summed E-state index contributed by atoms with van der Waals surface area (Å²) in [6.45, 7) is 1.16. The summed E-state index contributed by atoms with van der Waals surface area (Å²) in [6, 6.07) is 10.7. The second-order valence-corrected chi connectivity index (χ2v) is 7.49. The SMILES string of the molecule is CN(C)C1CCCCN1CC(=O)N1c2ccccc2C(=O)Nc2cccnc21. The molecule has 1 N–H and O–H groups in total. The first-order chi connectivity index (χ1) is 13.6. The molecule has 1 unspecified atom stereocenters. The fraction of sp³-hybridized carbons (Fsp3) is 0.381. The summed E-state index contributed by atoms with van der Waals surface area (Å²) in [7, 11) is 4.10. The Morgan fingerprint density at radius 1 is 1.21 bits per heavy atom. The van der Waals surface area contributed by atoms with E-state index in [2.05, 4.69) is 20.1 Å². The first kappa shape index (κ1) is 18.6. The summed E-state index contributed by atoms with van der Waals surface area (Å²) in [5.41, 5.74) is 1.58. The number of piperidine rings is 1. The Kier molecular flexibility index (Phi) is 5.11. The highest BCUT2D eigenvalue weighted by Gasteiger charge is 2.33. The molecule has 1 aromatic carbocycles. The zero-order chi connectivity index (χ0) is 19.7. The Labute approximate surface area is 164 Å². The van der Waals surface area contributed by atoms with Crippen molar-refractivity contribution in [3.8, 4) is 0 Å². The Hall–Kier alpha value is -2.77. The standard InChI is InChI=1S/C21H25N5O2/c1-24(2)18-11-5-6-13-25(18)14-19(27)26-17-10-4-3-8-15(17)21(28)23-16-9-7-12-22-20(16)26/h3-4,7-10,12,18H,5-6,11,13-14H2,1-2H3,(H,23,28). The number of rotatable bonds is 3. The van der Waals surface area contributed by atoms with Crippen LogP contribution in [-0.4, -0.2) is 59.9 Å². The zero-order valence-electron chi connectivity index (χ0n) is 16.3. The van der Waals surface area contributed by atoms with Gasteiger partial charge in [-0.3, -0.25) is 24.3 Å². The number of likely N-dealkylation sites (tertiary alicyclic amines) is 1. The molecule has 1 aromatic heterocycles. The second kappa shape index (κ2) is 7.69. The van der Waals surface area contributed by atoms with E-state index in [1.807, 2.05) is 20.2 Å². The molecule has 2 amide bonds. The Morgan fingerprint density at radius 2 is 2.04 bits per heavy atom. The third kappa shape index (κ3) is 3.39. The lowest BCUT2D eigenvalue weighted by Crippen LogP contribution is -2.51. The summed E-state index contributed by atoms with van der Waals surface area (Å²) >= 11 is 0. The third-order valence-electron chi connectivity index (χ3n) is 5.40. The summed E-state index contributed by atoms with van der Waals surface area (Å²) in [5.74, 6) is 0.145. The summed E-state index contributed by atoms with van der Waals surface area (Å²) in [4.78, 5) is 36.6. The van der Waals surface area contributed by atoms with Crippen LogP contribution in [0.2, 0.25) is 0 Å². The highest BCUT2D eigenvalue weighted by molar-refractivity contribution is 6.17. The van der Waals surface area contributed by atoms with Crippen LogP contribution >= 0.6 is 0 Å². The molecule has 0 spiro atoms. The number of carbonyl (C=O) groups is 2. The number of carbonyl (C=O) groups excluding carboxylic acids is 2. The van der Waals surface area contributed by atoms with Gasteiger partial charge in [-0.25, -0.2) is 4.98 Å². The van der Waals surface area contributed by atoms with Crippen molar-refractivity contribution in [2.75, 3.05) is 37.4 Å². The fourth-order valence-electron chi connectivity index (χ4n) is 4.08. The molecule has 2 aliphatic heterocycles. The van der Waals surface area contributed by atoms with E-state index in [4.69, 9.17) is 0 Å². The van der Waals surface area contributed by atoms with Crippen LogP contribution in [0.25, 0.3) is 0 Å². The van der Waals surface area contributed by atoms with E-state index < -0.39 is 0 Å². The fourth-order valence-corrected chi connectivity index (χ4v) is 4.08. The van der Waals surface area contributed by atoms with Crippen molar-refractivity contribution in [1.29, 1.82) is 0 Å². The van der Waals surface area contributed by atoms with Gasteiger partial charge in [-0.05, 0) is 57.6 Å². The predicted molar refractivity (Wildman–Crippen MR) is 109 cm³/mol. The van der Waals surface area contributed by atoms with Gasteiger partial charge in [0.05, 0.1) is 29.6 Å². The summed E-state index contributed by atoms with van der Waals surface area (Å²) < 4.78 is 0. The molecular formula is C21H25N5O2. The molecule has 7 heteroatoms. The van der Waals surface area contributed by atoms with Crippen LogP contribution in [0.5, 0.6) is 0 Å². The molecule has 146 valence electrons. The van der Waals surface area contributed by atoms with Crippen molar-refractivity contribution in [1.82, 2.24) is 14.8 Å². The molecule has 7 nitrogen and oxygen atoms in total. The van der Waals surface area contributed by atoms with Crippen LogP contribution < -0.4 is 10.2 Å². The predicted octanol–water partition coefficient (Wildman–Crippen LogP) is 2.69. The van der Waals surface area contributed by atoms with Gasteiger partial charge in [0.2, 0.25) is 5.91 Å². The van der Waals surface area contributed by atoms with Crippen molar-refractivity contribution in [3.63, 3.8) is 0 Å². The van der Waals surface area contributed by atoms with Crippen molar-refractivity contribution in [2.24, 2.45) is 0 Å². The van der Waals surface area contributed by atoms with Crippen molar-refractivity contribution >= 4 is 29.0 Å². The summed E-state index contributed by atoms with van der Waals surface area (Å²) in [5, 5.41) is 2.88. The molecule has 28 heavy (non-hydrogen) atoms. The minimum Gasteiger partial charge on any atom is -0.319 e. The average molecular weight is 379 g/mol. The van der Waals surface area contributed by atoms with E-state index in [1.165, 1.54) is 6.42 Å². The van der Waals surface area contributed by atoms with E-state index in [0.717, 1.165) is 19.4 Å². The highest BCUT2D eigenvalue weighted by Crippen LogP contribution is 2.36. The van der Waals surface area contributed by atoms with Crippen LogP contribution in [0.15, 0.2) is 42.6 Å². The lowest BCUT2D eigenvalue weighted by molar-refractivity contribution is -0.121. The largest absolute Gasteiger partial charge is 0.319 e. The third-order valence-corrected chi connectivity index (χ3v) is 5.40. The number of hydrogen-bond acceptors (Lipinski definition) is 5. The zero-order valence-corrected chi connectivity index (χ0v) is 16.3. The molecule has 1 fully saturated rings. The van der Waals surface area contributed by atoms with Crippen LogP contribution in [0, 0.1) is 0 Å². The number of fused-ring (bicyclic) bond motifs is 2. The normalized spacial score (nSPS) is 19.6. The van der Waals surface area contributed by atoms with E-state index in [9.17, 15) is 9.59 Å². The number of pyridine rings is 1. The number of amides is 2. The molecule has 0 aliphatic carbocycles. The first-order valence-corrected chi connectivity index (χ1v) is 9.65. The van der Waals surface area contributed by atoms with Gasteiger partial charge in [0.1, 0.15) is 0 Å². The maximum absolute atomic E-state index is 13.5. The van der Waals surface area contributed by atoms with Gasteiger partial charge in [0, 0.05) is 12.7 Å². The van der Waals surface area contributed by atoms with E-state index in [0.29, 0.717) is 22.8 Å².